The third kappa shape index (κ3) is 4.35. The second-order valence-electron chi connectivity index (χ2n) is 5.82. The summed E-state index contributed by atoms with van der Waals surface area (Å²) in [5, 5.41) is 18.6. The number of carbonyl (C=O) groups is 1. The number of hydrogen-bond donors (Lipinski definition) is 1. The van der Waals surface area contributed by atoms with E-state index in [1.165, 1.54) is 17.3 Å². The number of carbonyl (C=O) groups excluding carboxylic acids is 1. The zero-order valence-electron chi connectivity index (χ0n) is 14.4. The molecule has 0 fully saturated rings. The standard InChI is InChI=1S/C19H17N5OS2/c25-17(20-11-10-14-5-2-1-3-6-14)13-27-18-9-8-16-21-22-19(24(16)23-18)15-7-4-12-26-15/h1-9,12H,10-11,13H2,(H,20,25). The van der Waals surface area contributed by atoms with Crippen molar-refractivity contribution in [2.24, 2.45) is 0 Å². The first-order chi connectivity index (χ1) is 13.3. The van der Waals surface area contributed by atoms with Crippen LogP contribution in [-0.4, -0.2) is 38.0 Å². The van der Waals surface area contributed by atoms with E-state index in [4.69, 9.17) is 0 Å². The van der Waals surface area contributed by atoms with Crippen LogP contribution in [-0.2, 0) is 11.2 Å². The number of benzene rings is 1. The first-order valence-electron chi connectivity index (χ1n) is 8.49. The molecule has 0 saturated heterocycles. The largest absolute Gasteiger partial charge is 0.355 e. The molecular weight excluding hydrogens is 378 g/mol. The van der Waals surface area contributed by atoms with Crippen LogP contribution in [0.25, 0.3) is 16.3 Å². The Labute approximate surface area is 164 Å². The fourth-order valence-corrected chi connectivity index (χ4v) is 3.97. The van der Waals surface area contributed by atoms with Gasteiger partial charge in [0.1, 0.15) is 5.03 Å². The summed E-state index contributed by atoms with van der Waals surface area (Å²) in [4.78, 5) is 13.1. The second kappa shape index (κ2) is 8.32. The molecule has 0 aliphatic carbocycles. The molecule has 1 amide bonds. The van der Waals surface area contributed by atoms with Crippen molar-refractivity contribution in [1.82, 2.24) is 25.1 Å². The smallest absolute Gasteiger partial charge is 0.230 e. The lowest BCUT2D eigenvalue weighted by Gasteiger charge is -2.05. The SMILES string of the molecule is O=C(CSc1ccc2nnc(-c3cccs3)n2n1)NCCc1ccccc1. The van der Waals surface area contributed by atoms with Gasteiger partial charge in [-0.3, -0.25) is 4.79 Å². The number of thiophene rings is 1. The number of nitrogens with one attached hydrogen (secondary N) is 1. The Morgan fingerprint density at radius 1 is 1.07 bits per heavy atom. The lowest BCUT2D eigenvalue weighted by atomic mass is 10.1. The van der Waals surface area contributed by atoms with E-state index in [0.717, 1.165) is 22.1 Å². The second-order valence-corrected chi connectivity index (χ2v) is 7.76. The Morgan fingerprint density at radius 2 is 1.96 bits per heavy atom. The molecule has 0 bridgehead atoms. The number of hydrogen-bond acceptors (Lipinski definition) is 6. The van der Waals surface area contributed by atoms with Crippen LogP contribution in [0, 0.1) is 0 Å². The molecular formula is C19H17N5OS2. The van der Waals surface area contributed by atoms with Gasteiger partial charge in [-0.25, -0.2) is 0 Å². The topological polar surface area (TPSA) is 72.2 Å². The summed E-state index contributed by atoms with van der Waals surface area (Å²) in [5.41, 5.74) is 1.90. The van der Waals surface area contributed by atoms with Gasteiger partial charge in [-0.05, 0) is 35.6 Å². The van der Waals surface area contributed by atoms with Crippen molar-refractivity contribution in [3.8, 4) is 10.7 Å². The van der Waals surface area contributed by atoms with E-state index < -0.39 is 0 Å². The van der Waals surface area contributed by atoms with Crippen LogP contribution in [0.3, 0.4) is 0 Å². The monoisotopic (exact) mass is 395 g/mol. The summed E-state index contributed by atoms with van der Waals surface area (Å²) < 4.78 is 1.72. The van der Waals surface area contributed by atoms with Gasteiger partial charge >= 0.3 is 0 Å². The summed E-state index contributed by atoms with van der Waals surface area (Å²) in [6.07, 6.45) is 0.826. The number of nitrogens with zero attached hydrogens (tertiary/aromatic N) is 4. The molecule has 0 saturated carbocycles. The Kier molecular flexibility index (Phi) is 5.45. The highest BCUT2D eigenvalue weighted by molar-refractivity contribution is 7.99. The average molecular weight is 396 g/mol. The van der Waals surface area contributed by atoms with Crippen LogP contribution in [0.15, 0.2) is 65.0 Å². The molecule has 0 unspecified atom stereocenters. The number of thioether (sulfide) groups is 1. The molecule has 0 radical (unpaired) electrons. The van der Waals surface area contributed by atoms with Crippen molar-refractivity contribution in [1.29, 1.82) is 0 Å². The summed E-state index contributed by atoms with van der Waals surface area (Å²) in [5.74, 6) is 1.04. The van der Waals surface area contributed by atoms with Gasteiger partial charge in [0.15, 0.2) is 11.5 Å². The Balaban J connectivity index is 1.34. The predicted octanol–water partition coefficient (Wildman–Crippen LogP) is 3.30. The highest BCUT2D eigenvalue weighted by Gasteiger charge is 2.11. The van der Waals surface area contributed by atoms with Crippen molar-refractivity contribution >= 4 is 34.7 Å². The van der Waals surface area contributed by atoms with E-state index in [0.29, 0.717) is 17.9 Å². The maximum atomic E-state index is 12.1. The molecule has 27 heavy (non-hydrogen) atoms. The minimum Gasteiger partial charge on any atom is -0.355 e. The number of aromatic nitrogens is 4. The molecule has 8 heteroatoms. The van der Waals surface area contributed by atoms with Gasteiger partial charge in [-0.15, -0.1) is 21.5 Å². The van der Waals surface area contributed by atoms with E-state index in [9.17, 15) is 4.79 Å². The van der Waals surface area contributed by atoms with E-state index in [1.807, 2.05) is 47.8 Å². The average Bonchev–Trinajstić information content (AvgIpc) is 3.36. The van der Waals surface area contributed by atoms with E-state index in [-0.39, 0.29) is 5.91 Å². The zero-order valence-corrected chi connectivity index (χ0v) is 16.0. The minimum absolute atomic E-state index is 0.0000597. The molecule has 4 aromatic rings. The van der Waals surface area contributed by atoms with Crippen molar-refractivity contribution in [2.75, 3.05) is 12.3 Å². The molecule has 1 aromatic carbocycles. The van der Waals surface area contributed by atoms with Crippen LogP contribution in [0.1, 0.15) is 5.56 Å². The van der Waals surface area contributed by atoms with Crippen LogP contribution < -0.4 is 5.32 Å². The van der Waals surface area contributed by atoms with Crippen molar-refractivity contribution < 1.29 is 4.79 Å². The van der Waals surface area contributed by atoms with E-state index in [2.05, 4.69) is 32.7 Å². The molecule has 3 aromatic heterocycles. The molecule has 1 N–H and O–H groups in total. The normalized spacial score (nSPS) is 11.0. The van der Waals surface area contributed by atoms with Gasteiger partial charge in [0, 0.05) is 6.54 Å². The van der Waals surface area contributed by atoms with Crippen molar-refractivity contribution in [3.63, 3.8) is 0 Å². The zero-order chi connectivity index (χ0) is 18.5. The number of fused-ring (bicyclic) bond motifs is 1. The highest BCUT2D eigenvalue weighted by atomic mass is 32.2. The van der Waals surface area contributed by atoms with Gasteiger partial charge in [-0.1, -0.05) is 48.2 Å². The number of amides is 1. The summed E-state index contributed by atoms with van der Waals surface area (Å²) >= 11 is 3.00. The Hall–Kier alpha value is -2.71. The quantitative estimate of drug-likeness (QED) is 0.486. The molecule has 4 rings (SSSR count). The molecule has 0 aliphatic rings. The Morgan fingerprint density at radius 3 is 2.78 bits per heavy atom. The lowest BCUT2D eigenvalue weighted by molar-refractivity contribution is -0.118. The summed E-state index contributed by atoms with van der Waals surface area (Å²) in [6, 6.07) is 17.8. The third-order valence-electron chi connectivity index (χ3n) is 3.91. The van der Waals surface area contributed by atoms with Gasteiger partial charge in [0.05, 0.1) is 10.6 Å². The predicted molar refractivity (Wildman–Crippen MR) is 108 cm³/mol. The first-order valence-corrected chi connectivity index (χ1v) is 10.4. The number of rotatable bonds is 7. The van der Waals surface area contributed by atoms with Crippen LogP contribution in [0.5, 0.6) is 0 Å². The molecule has 6 nitrogen and oxygen atoms in total. The molecule has 0 atom stereocenters. The van der Waals surface area contributed by atoms with Crippen LogP contribution >= 0.6 is 23.1 Å². The first kappa shape index (κ1) is 17.7. The molecule has 0 aliphatic heterocycles. The van der Waals surface area contributed by atoms with Crippen LogP contribution in [0.4, 0.5) is 0 Å². The summed E-state index contributed by atoms with van der Waals surface area (Å²) in [7, 11) is 0. The van der Waals surface area contributed by atoms with E-state index in [1.54, 1.807) is 15.9 Å². The van der Waals surface area contributed by atoms with Gasteiger partial charge in [0.2, 0.25) is 5.91 Å². The van der Waals surface area contributed by atoms with Crippen molar-refractivity contribution in [3.05, 3.63) is 65.5 Å². The highest BCUT2D eigenvalue weighted by Crippen LogP contribution is 2.24. The van der Waals surface area contributed by atoms with E-state index >= 15 is 0 Å². The fourth-order valence-electron chi connectivity index (χ4n) is 2.59. The van der Waals surface area contributed by atoms with Gasteiger partial charge < -0.3 is 5.32 Å². The van der Waals surface area contributed by atoms with Crippen molar-refractivity contribution in [2.45, 2.75) is 11.4 Å². The maximum Gasteiger partial charge on any atom is 0.230 e. The van der Waals surface area contributed by atoms with Crippen LogP contribution in [0.2, 0.25) is 0 Å². The molecule has 3 heterocycles. The third-order valence-corrected chi connectivity index (χ3v) is 5.70. The maximum absolute atomic E-state index is 12.1. The molecule has 136 valence electrons. The minimum atomic E-state index is 0.0000597. The fraction of sp³-hybridized carbons (Fsp3) is 0.158. The van der Waals surface area contributed by atoms with Gasteiger partial charge in [0.25, 0.3) is 0 Å². The molecule has 0 spiro atoms. The Bertz CT molecular complexity index is 1030. The lowest BCUT2D eigenvalue weighted by Crippen LogP contribution is -2.27. The van der Waals surface area contributed by atoms with Gasteiger partial charge in [-0.2, -0.15) is 9.61 Å². The summed E-state index contributed by atoms with van der Waals surface area (Å²) in [6.45, 7) is 0.629.